The first-order chi connectivity index (χ1) is 15.8. The van der Waals surface area contributed by atoms with E-state index in [1.54, 1.807) is 0 Å². The maximum absolute atomic E-state index is 12.3. The molecule has 33 heavy (non-hydrogen) atoms. The summed E-state index contributed by atoms with van der Waals surface area (Å²) in [4.78, 5) is 22.9. The number of unbranched alkanes of at least 4 members (excludes halogenated alkanes) is 6. The third-order valence-electron chi connectivity index (χ3n) is 11.0. The lowest BCUT2D eigenvalue weighted by Crippen LogP contribution is -2.57. The van der Waals surface area contributed by atoms with Crippen molar-refractivity contribution in [3.8, 4) is 0 Å². The number of carbonyl (C=O) groups excluding carboxylic acids is 1. The van der Waals surface area contributed by atoms with Crippen LogP contribution >= 0.6 is 0 Å². The quantitative estimate of drug-likeness (QED) is 0.352. The summed E-state index contributed by atoms with van der Waals surface area (Å²) in [6.45, 7) is 4.94. The van der Waals surface area contributed by atoms with Crippen LogP contribution in [0.1, 0.15) is 123 Å². The Balaban J connectivity index is 1.36. The van der Waals surface area contributed by atoms with E-state index < -0.39 is 5.97 Å². The highest BCUT2D eigenvalue weighted by Gasteiger charge is 2.62. The molecular formula is C29H48O4. The Morgan fingerprint density at radius 3 is 2.36 bits per heavy atom. The Kier molecular flexibility index (Phi) is 7.93. The minimum absolute atomic E-state index is 0.101. The van der Waals surface area contributed by atoms with Gasteiger partial charge in [0, 0.05) is 19.3 Å². The smallest absolute Gasteiger partial charge is 0.303 e. The fraction of sp³-hybridized carbons (Fsp3) is 0.931. The van der Waals surface area contributed by atoms with Gasteiger partial charge < -0.3 is 10.2 Å². The average molecular weight is 461 g/mol. The molecule has 4 aliphatic carbocycles. The maximum atomic E-state index is 12.3. The van der Waals surface area contributed by atoms with Crippen LogP contribution in [0, 0.1) is 40.4 Å². The second kappa shape index (κ2) is 10.4. The van der Waals surface area contributed by atoms with Crippen LogP contribution in [0.5, 0.6) is 0 Å². The number of Topliss-reactive ketones (excluding diaryl/α,β-unsaturated/α-hetero) is 1. The van der Waals surface area contributed by atoms with Gasteiger partial charge in [-0.2, -0.15) is 0 Å². The van der Waals surface area contributed by atoms with Crippen molar-refractivity contribution in [1.82, 2.24) is 0 Å². The van der Waals surface area contributed by atoms with Crippen molar-refractivity contribution in [1.29, 1.82) is 0 Å². The molecule has 188 valence electrons. The Bertz CT molecular complexity index is 704. The van der Waals surface area contributed by atoms with E-state index in [0.717, 1.165) is 56.8 Å². The highest BCUT2D eigenvalue weighted by Crippen LogP contribution is 2.68. The van der Waals surface area contributed by atoms with Crippen LogP contribution in [0.2, 0.25) is 0 Å². The maximum Gasteiger partial charge on any atom is 0.303 e. The fourth-order valence-corrected chi connectivity index (χ4v) is 9.27. The molecule has 4 nitrogen and oxygen atoms in total. The molecule has 0 saturated heterocycles. The molecule has 0 bridgehead atoms. The molecular weight excluding hydrogens is 412 g/mol. The van der Waals surface area contributed by atoms with E-state index in [2.05, 4.69) is 13.8 Å². The zero-order valence-corrected chi connectivity index (χ0v) is 21.2. The SMILES string of the molecule is C[C@]12CCC(=O)C[C@@H]1CC[C@@H]1[C@@H]2[C@@H](CCCCCCCCCC(=O)O)C[C@]2(C)[C@@H](O)CC[C@@H]12. The molecule has 0 aromatic carbocycles. The summed E-state index contributed by atoms with van der Waals surface area (Å²) < 4.78 is 0. The predicted octanol–water partition coefficient (Wildman–Crippen LogP) is 6.78. The summed E-state index contributed by atoms with van der Waals surface area (Å²) in [5.41, 5.74) is 0.421. The summed E-state index contributed by atoms with van der Waals surface area (Å²) in [5.74, 6) is 3.26. The Morgan fingerprint density at radius 2 is 1.64 bits per heavy atom. The number of carboxylic acids is 1. The first-order valence-electron chi connectivity index (χ1n) is 14.2. The predicted molar refractivity (Wildman–Crippen MR) is 131 cm³/mol. The van der Waals surface area contributed by atoms with Crippen LogP contribution < -0.4 is 0 Å². The van der Waals surface area contributed by atoms with Gasteiger partial charge in [-0.25, -0.2) is 0 Å². The number of ketones is 1. The van der Waals surface area contributed by atoms with Crippen LogP contribution in [0.15, 0.2) is 0 Å². The number of aliphatic hydroxyl groups excluding tert-OH is 1. The lowest BCUT2D eigenvalue weighted by Gasteiger charge is -2.62. The number of aliphatic hydroxyl groups is 1. The number of hydrogen-bond donors (Lipinski definition) is 2. The number of aliphatic carboxylic acids is 1. The molecule has 4 aliphatic rings. The van der Waals surface area contributed by atoms with E-state index >= 15 is 0 Å². The average Bonchev–Trinajstić information content (AvgIpc) is 3.06. The van der Waals surface area contributed by atoms with Crippen molar-refractivity contribution in [3.05, 3.63) is 0 Å². The largest absolute Gasteiger partial charge is 0.481 e. The van der Waals surface area contributed by atoms with E-state index in [1.807, 2.05) is 0 Å². The molecule has 4 saturated carbocycles. The Hall–Kier alpha value is -0.900. The first-order valence-corrected chi connectivity index (χ1v) is 14.2. The monoisotopic (exact) mass is 460 g/mol. The summed E-state index contributed by atoms with van der Waals surface area (Å²) in [7, 11) is 0. The van der Waals surface area contributed by atoms with Crippen LogP contribution in [-0.2, 0) is 9.59 Å². The highest BCUT2D eigenvalue weighted by atomic mass is 16.4. The van der Waals surface area contributed by atoms with Gasteiger partial charge in [0.15, 0.2) is 0 Å². The fourth-order valence-electron chi connectivity index (χ4n) is 9.27. The van der Waals surface area contributed by atoms with E-state index in [9.17, 15) is 14.7 Å². The molecule has 0 unspecified atom stereocenters. The normalized spacial score (nSPS) is 42.5. The van der Waals surface area contributed by atoms with Crippen molar-refractivity contribution in [2.24, 2.45) is 40.4 Å². The van der Waals surface area contributed by atoms with Gasteiger partial charge in [-0.05, 0) is 85.4 Å². The summed E-state index contributed by atoms with van der Waals surface area (Å²) in [5, 5.41) is 19.7. The molecule has 0 heterocycles. The molecule has 0 aliphatic heterocycles. The molecule has 0 amide bonds. The second-order valence-electron chi connectivity index (χ2n) is 12.8. The molecule has 0 aromatic heterocycles. The molecule has 4 heteroatoms. The van der Waals surface area contributed by atoms with Crippen molar-refractivity contribution < 1.29 is 19.8 Å². The van der Waals surface area contributed by atoms with Gasteiger partial charge >= 0.3 is 5.97 Å². The lowest BCUT2D eigenvalue weighted by molar-refractivity contribution is -0.159. The zero-order valence-electron chi connectivity index (χ0n) is 21.2. The molecule has 8 atom stereocenters. The first kappa shape index (κ1) is 25.2. The number of rotatable bonds is 10. The minimum Gasteiger partial charge on any atom is -0.481 e. The molecule has 2 N–H and O–H groups in total. The molecule has 0 spiro atoms. The minimum atomic E-state index is -0.676. The molecule has 0 radical (unpaired) electrons. The number of hydrogen-bond acceptors (Lipinski definition) is 3. The second-order valence-corrected chi connectivity index (χ2v) is 12.8. The van der Waals surface area contributed by atoms with Crippen LogP contribution in [0.25, 0.3) is 0 Å². The van der Waals surface area contributed by atoms with Gasteiger partial charge in [0.25, 0.3) is 0 Å². The van der Waals surface area contributed by atoms with E-state index in [1.165, 1.54) is 57.8 Å². The van der Waals surface area contributed by atoms with E-state index in [-0.39, 0.29) is 11.5 Å². The topological polar surface area (TPSA) is 74.6 Å². The molecule has 4 fully saturated rings. The molecule has 0 aromatic rings. The number of carboxylic acid groups (broad SMARTS) is 1. The van der Waals surface area contributed by atoms with Gasteiger partial charge in [-0.15, -0.1) is 0 Å². The standard InChI is InChI=1S/C29H48O4/c1-28-17-16-22(30)18-21(28)12-13-23-24-14-15-25(31)29(24,2)19-20(27(23)28)10-8-6-4-3-5-7-9-11-26(32)33/h20-21,23-25,27,31H,3-19H2,1-2H3,(H,32,33)/t20-,21-,23-,24-,25-,27-,28-,29-/m0/s1. The van der Waals surface area contributed by atoms with Gasteiger partial charge in [0.05, 0.1) is 6.10 Å². The summed E-state index contributed by atoms with van der Waals surface area (Å²) in [6, 6.07) is 0. The lowest BCUT2D eigenvalue weighted by atomic mass is 9.42. The highest BCUT2D eigenvalue weighted by molar-refractivity contribution is 5.79. The zero-order chi connectivity index (χ0) is 23.6. The van der Waals surface area contributed by atoms with Crippen molar-refractivity contribution in [2.75, 3.05) is 0 Å². The van der Waals surface area contributed by atoms with Crippen molar-refractivity contribution >= 4 is 11.8 Å². The van der Waals surface area contributed by atoms with Crippen LogP contribution in [0.4, 0.5) is 0 Å². The number of carbonyl (C=O) groups is 2. The third kappa shape index (κ3) is 5.07. The molecule has 4 rings (SSSR count). The van der Waals surface area contributed by atoms with Crippen LogP contribution in [0.3, 0.4) is 0 Å². The van der Waals surface area contributed by atoms with Gasteiger partial charge in [0.1, 0.15) is 5.78 Å². The van der Waals surface area contributed by atoms with Crippen LogP contribution in [-0.4, -0.2) is 28.1 Å². The van der Waals surface area contributed by atoms with E-state index in [4.69, 9.17) is 5.11 Å². The van der Waals surface area contributed by atoms with Gasteiger partial charge in [0.2, 0.25) is 0 Å². The summed E-state index contributed by atoms with van der Waals surface area (Å²) >= 11 is 0. The van der Waals surface area contributed by atoms with Gasteiger partial charge in [-0.1, -0.05) is 58.8 Å². The van der Waals surface area contributed by atoms with E-state index in [0.29, 0.717) is 35.4 Å². The third-order valence-corrected chi connectivity index (χ3v) is 11.0. The van der Waals surface area contributed by atoms with Crippen molar-refractivity contribution in [3.63, 3.8) is 0 Å². The summed E-state index contributed by atoms with van der Waals surface area (Å²) in [6.07, 6.45) is 18.1. The van der Waals surface area contributed by atoms with Crippen molar-refractivity contribution in [2.45, 2.75) is 129 Å². The van der Waals surface area contributed by atoms with Gasteiger partial charge in [-0.3, -0.25) is 9.59 Å². The number of fused-ring (bicyclic) bond motifs is 5. The Labute approximate surface area is 201 Å². The Morgan fingerprint density at radius 1 is 0.939 bits per heavy atom.